The first kappa shape index (κ1) is 32.3. The average molecular weight is 524 g/mol. The van der Waals surface area contributed by atoms with E-state index in [0.29, 0.717) is 0 Å². The second-order valence-electron chi connectivity index (χ2n) is 8.01. The molecular formula is C18H36O17. The molecule has 2 saturated heterocycles. The van der Waals surface area contributed by atoms with Gasteiger partial charge in [-0.2, -0.15) is 0 Å². The van der Waals surface area contributed by atoms with Gasteiger partial charge in [0.1, 0.15) is 73.2 Å². The van der Waals surface area contributed by atoms with Crippen molar-refractivity contribution in [3.05, 3.63) is 0 Å². The molecule has 0 amide bonds. The van der Waals surface area contributed by atoms with Gasteiger partial charge in [0, 0.05) is 0 Å². The second-order valence-corrected chi connectivity index (χ2v) is 8.01. The van der Waals surface area contributed by atoms with Crippen molar-refractivity contribution in [2.24, 2.45) is 0 Å². The summed E-state index contributed by atoms with van der Waals surface area (Å²) in [6.07, 6.45) is -22.0. The maximum absolute atomic E-state index is 9.84. The monoisotopic (exact) mass is 524 g/mol. The van der Waals surface area contributed by atoms with E-state index in [1.807, 2.05) is 0 Å². The van der Waals surface area contributed by atoms with Gasteiger partial charge in [0.15, 0.2) is 12.6 Å². The number of ether oxygens (including phenoxy) is 3. The molecule has 2 aliphatic rings. The Kier molecular flexibility index (Phi) is 13.8. The van der Waals surface area contributed by atoms with Crippen LogP contribution in [0.4, 0.5) is 0 Å². The predicted molar refractivity (Wildman–Crippen MR) is 107 cm³/mol. The summed E-state index contributed by atoms with van der Waals surface area (Å²) in [5.41, 5.74) is 0. The predicted octanol–water partition coefficient (Wildman–Crippen LogP) is -8.98. The third-order valence-corrected chi connectivity index (χ3v) is 5.48. The molecule has 2 aliphatic heterocycles. The van der Waals surface area contributed by atoms with Gasteiger partial charge in [-0.05, 0) is 0 Å². The van der Waals surface area contributed by atoms with Gasteiger partial charge in [-0.1, -0.05) is 0 Å². The molecule has 0 aromatic rings. The number of hydrogen-bond acceptors (Lipinski definition) is 17. The van der Waals surface area contributed by atoms with Crippen molar-refractivity contribution in [1.82, 2.24) is 0 Å². The van der Waals surface area contributed by atoms with Crippen LogP contribution >= 0.6 is 0 Å². The summed E-state index contributed by atoms with van der Waals surface area (Å²) in [6.45, 7) is -2.79. The Morgan fingerprint density at radius 1 is 0.514 bits per heavy atom. The van der Waals surface area contributed by atoms with E-state index in [0.717, 1.165) is 0 Å². The third-order valence-electron chi connectivity index (χ3n) is 5.48. The molecule has 0 radical (unpaired) electrons. The highest BCUT2D eigenvalue weighted by molar-refractivity contribution is 4.92. The molecule has 2 heterocycles. The van der Waals surface area contributed by atoms with Crippen molar-refractivity contribution in [2.45, 2.75) is 85.8 Å². The summed E-state index contributed by atoms with van der Waals surface area (Å²) in [5.74, 6) is 0. The van der Waals surface area contributed by atoms with Crippen LogP contribution in [0.5, 0.6) is 0 Å². The van der Waals surface area contributed by atoms with Crippen molar-refractivity contribution >= 4 is 0 Å². The first-order valence-corrected chi connectivity index (χ1v) is 10.6. The summed E-state index contributed by atoms with van der Waals surface area (Å²) in [6, 6.07) is 0. The van der Waals surface area contributed by atoms with Crippen molar-refractivity contribution in [3.8, 4) is 0 Å². The lowest BCUT2D eigenvalue weighted by atomic mass is 9.98. The van der Waals surface area contributed by atoms with Gasteiger partial charge in [-0.15, -0.1) is 0 Å². The zero-order valence-corrected chi connectivity index (χ0v) is 18.4. The fraction of sp³-hybridized carbons (Fsp3) is 1.00. The lowest BCUT2D eigenvalue weighted by Crippen LogP contribution is -2.63. The molecule has 0 unspecified atom stereocenters. The van der Waals surface area contributed by atoms with Crippen LogP contribution in [-0.2, 0) is 14.2 Å². The average Bonchev–Trinajstić information content (AvgIpc) is 2.87. The highest BCUT2D eigenvalue weighted by atomic mass is 16.8. The molecule has 14 atom stereocenters. The Balaban J connectivity index is 0.000000434. The van der Waals surface area contributed by atoms with Gasteiger partial charge >= 0.3 is 0 Å². The van der Waals surface area contributed by atoms with Crippen molar-refractivity contribution in [2.75, 3.05) is 26.4 Å². The summed E-state index contributed by atoms with van der Waals surface area (Å²) in [7, 11) is 0. The SMILES string of the molecule is OC[C@@H](O)[C@@H](O)[C@H](O)[C@H](O)CO.OC[C@H]1O[C@H](O[C@H]2O[C@H](CO)[C@@H](O)[C@H](O)[C@H]2O)[C@H](O)[C@@H](O)[C@@H]1O. The molecule has 17 nitrogen and oxygen atoms in total. The number of aliphatic hydroxyl groups excluding tert-OH is 14. The van der Waals surface area contributed by atoms with Crippen LogP contribution in [0.2, 0.25) is 0 Å². The minimum absolute atomic E-state index is 0.667. The molecule has 0 spiro atoms. The second kappa shape index (κ2) is 14.9. The van der Waals surface area contributed by atoms with Crippen LogP contribution in [0, 0.1) is 0 Å². The maximum Gasteiger partial charge on any atom is 0.189 e. The highest BCUT2D eigenvalue weighted by Gasteiger charge is 2.49. The van der Waals surface area contributed by atoms with Gasteiger partial charge < -0.3 is 85.7 Å². The summed E-state index contributed by atoms with van der Waals surface area (Å²) in [5, 5.41) is 129. The number of aliphatic hydroxyl groups is 14. The van der Waals surface area contributed by atoms with Crippen LogP contribution in [0.25, 0.3) is 0 Å². The van der Waals surface area contributed by atoms with E-state index in [-0.39, 0.29) is 0 Å². The van der Waals surface area contributed by atoms with Crippen molar-refractivity contribution < 1.29 is 85.7 Å². The molecule has 35 heavy (non-hydrogen) atoms. The van der Waals surface area contributed by atoms with Crippen molar-refractivity contribution in [1.29, 1.82) is 0 Å². The first-order chi connectivity index (χ1) is 16.4. The molecule has 0 saturated carbocycles. The van der Waals surface area contributed by atoms with Crippen LogP contribution in [-0.4, -0.2) is 184 Å². The zero-order chi connectivity index (χ0) is 27.0. The lowest BCUT2D eigenvalue weighted by molar-refractivity contribution is -0.376. The van der Waals surface area contributed by atoms with Gasteiger partial charge in [-0.25, -0.2) is 0 Å². The van der Waals surface area contributed by atoms with Crippen LogP contribution in [0.1, 0.15) is 0 Å². The molecule has 0 aliphatic carbocycles. The van der Waals surface area contributed by atoms with E-state index >= 15 is 0 Å². The Hall–Kier alpha value is -0.680. The zero-order valence-electron chi connectivity index (χ0n) is 18.4. The van der Waals surface area contributed by atoms with Gasteiger partial charge in [0.05, 0.1) is 26.4 Å². The summed E-state index contributed by atoms with van der Waals surface area (Å²) >= 11 is 0. The minimum Gasteiger partial charge on any atom is -0.394 e. The molecule has 2 fully saturated rings. The molecule has 2 rings (SSSR count). The normalized spacial score (nSPS) is 41.3. The van der Waals surface area contributed by atoms with E-state index in [9.17, 15) is 30.6 Å². The molecule has 14 N–H and O–H groups in total. The van der Waals surface area contributed by atoms with E-state index in [2.05, 4.69) is 0 Å². The maximum atomic E-state index is 9.84. The van der Waals surface area contributed by atoms with Crippen LogP contribution in [0.3, 0.4) is 0 Å². The number of rotatable bonds is 9. The largest absolute Gasteiger partial charge is 0.394 e. The highest BCUT2D eigenvalue weighted by Crippen LogP contribution is 2.27. The Morgan fingerprint density at radius 3 is 1.09 bits per heavy atom. The Labute approximate surface area is 198 Å². The molecule has 17 heteroatoms. The Morgan fingerprint density at radius 2 is 0.829 bits per heavy atom. The molecule has 0 aromatic carbocycles. The molecule has 0 aromatic heterocycles. The quantitative estimate of drug-likeness (QED) is 0.133. The Bertz CT molecular complexity index is 533. The molecular weight excluding hydrogens is 488 g/mol. The van der Waals surface area contributed by atoms with E-state index in [1.165, 1.54) is 0 Å². The summed E-state index contributed by atoms with van der Waals surface area (Å²) in [4.78, 5) is 0. The molecule has 210 valence electrons. The lowest BCUT2D eigenvalue weighted by Gasteiger charge is -2.44. The van der Waals surface area contributed by atoms with Crippen LogP contribution < -0.4 is 0 Å². The minimum atomic E-state index is -1.72. The smallest absolute Gasteiger partial charge is 0.189 e. The fourth-order valence-corrected chi connectivity index (χ4v) is 3.16. The van der Waals surface area contributed by atoms with E-state index < -0.39 is 112 Å². The van der Waals surface area contributed by atoms with E-state index in [1.54, 1.807) is 0 Å². The fourth-order valence-electron chi connectivity index (χ4n) is 3.16. The van der Waals surface area contributed by atoms with Crippen LogP contribution in [0.15, 0.2) is 0 Å². The molecule has 0 bridgehead atoms. The van der Waals surface area contributed by atoms with Gasteiger partial charge in [0.2, 0.25) is 0 Å². The van der Waals surface area contributed by atoms with Gasteiger partial charge in [0.25, 0.3) is 0 Å². The van der Waals surface area contributed by atoms with Crippen molar-refractivity contribution in [3.63, 3.8) is 0 Å². The van der Waals surface area contributed by atoms with E-state index in [4.69, 9.17) is 55.1 Å². The third kappa shape index (κ3) is 8.15. The standard InChI is InChI=1S/C12H22O11.C6H14O6/c13-1-3-5(15)7(17)9(19)11(21-3)23-12-10(20)8(18)6(16)4(2-14)22-12;7-1-3(9)5(11)6(12)4(10)2-8/h3-20H,1-2H2;3-12H,1-2H2/t3-,4-,5-,6-,7+,8+,9-,10-,11-,12-;3-,4-,5-,6-/m11/s1. The first-order valence-electron chi connectivity index (χ1n) is 10.6. The topological polar surface area (TPSA) is 311 Å². The summed E-state index contributed by atoms with van der Waals surface area (Å²) < 4.78 is 15.3. The van der Waals surface area contributed by atoms with Gasteiger partial charge in [-0.3, -0.25) is 0 Å². The number of hydrogen-bond donors (Lipinski definition) is 14.